The third-order valence-electron chi connectivity index (χ3n) is 3.85. The lowest BCUT2D eigenvalue weighted by atomic mass is 10.1. The molecule has 0 aliphatic rings. The van der Waals surface area contributed by atoms with Gasteiger partial charge in [0.2, 0.25) is 0 Å². The second-order valence-corrected chi connectivity index (χ2v) is 6.60. The summed E-state index contributed by atoms with van der Waals surface area (Å²) in [5.41, 5.74) is -2.98. The Hall–Kier alpha value is -3.17. The van der Waals surface area contributed by atoms with Crippen molar-refractivity contribution in [2.75, 3.05) is 27.4 Å². The molecular formula is C20H18F6N2O6S. The summed E-state index contributed by atoms with van der Waals surface area (Å²) in [7, 11) is 2.14. The van der Waals surface area contributed by atoms with Gasteiger partial charge in [-0.1, -0.05) is 10.3 Å². The zero-order valence-corrected chi connectivity index (χ0v) is 18.9. The van der Waals surface area contributed by atoms with Crippen LogP contribution in [0.3, 0.4) is 0 Å². The minimum atomic E-state index is -4.80. The largest absolute Gasteiger partial charge is 0.490 e. The van der Waals surface area contributed by atoms with Crippen LogP contribution in [0.25, 0.3) is 0 Å². The van der Waals surface area contributed by atoms with Gasteiger partial charge in [-0.25, -0.2) is 4.89 Å². The van der Waals surface area contributed by atoms with Crippen LogP contribution < -0.4 is 9.47 Å². The molecule has 0 aliphatic heterocycles. The molecule has 15 heteroatoms. The van der Waals surface area contributed by atoms with Crippen LogP contribution in [0.5, 0.6) is 11.5 Å². The molecule has 0 N–H and O–H groups in total. The van der Waals surface area contributed by atoms with E-state index in [-0.39, 0.29) is 48.2 Å². The summed E-state index contributed by atoms with van der Waals surface area (Å²) in [4.78, 5) is 8.39. The number of rotatable bonds is 12. The van der Waals surface area contributed by atoms with E-state index in [1.807, 2.05) is 0 Å². The van der Waals surface area contributed by atoms with E-state index < -0.39 is 23.8 Å². The van der Waals surface area contributed by atoms with E-state index >= 15 is 0 Å². The first-order valence-electron chi connectivity index (χ1n) is 9.39. The van der Waals surface area contributed by atoms with Gasteiger partial charge < -0.3 is 14.3 Å². The van der Waals surface area contributed by atoms with Crippen molar-refractivity contribution in [1.29, 1.82) is 0 Å². The van der Waals surface area contributed by atoms with Gasteiger partial charge in [-0.2, -0.15) is 26.3 Å². The average Bonchev–Trinajstić information content (AvgIpc) is 2.80. The van der Waals surface area contributed by atoms with Crippen LogP contribution in [0.15, 0.2) is 58.8 Å². The third kappa shape index (κ3) is 9.18. The van der Waals surface area contributed by atoms with Gasteiger partial charge >= 0.3 is 12.4 Å². The predicted molar refractivity (Wildman–Crippen MR) is 113 cm³/mol. The first-order valence-corrected chi connectivity index (χ1v) is 10.1. The van der Waals surface area contributed by atoms with Crippen molar-refractivity contribution >= 4 is 23.7 Å². The lowest BCUT2D eigenvalue weighted by Crippen LogP contribution is -2.24. The van der Waals surface area contributed by atoms with Crippen molar-refractivity contribution in [2.45, 2.75) is 12.4 Å². The molecule has 0 saturated carbocycles. The number of nitrogens with zero attached hydrogens (tertiary/aromatic N) is 2. The molecule has 0 amide bonds. The van der Waals surface area contributed by atoms with E-state index in [0.717, 1.165) is 26.4 Å². The first-order chi connectivity index (χ1) is 16.6. The van der Waals surface area contributed by atoms with Crippen LogP contribution in [-0.4, -0.2) is 51.2 Å². The van der Waals surface area contributed by atoms with Crippen molar-refractivity contribution in [3.63, 3.8) is 0 Å². The maximum atomic E-state index is 13.2. The second kappa shape index (κ2) is 13.1. The van der Waals surface area contributed by atoms with Crippen LogP contribution in [0.2, 0.25) is 0 Å². The second-order valence-electron chi connectivity index (χ2n) is 6.18. The highest BCUT2D eigenvalue weighted by molar-refractivity contribution is 7.89. The van der Waals surface area contributed by atoms with Gasteiger partial charge in [0.25, 0.3) is 12.3 Å². The Labute approximate surface area is 199 Å². The van der Waals surface area contributed by atoms with E-state index in [1.165, 1.54) is 36.4 Å². The van der Waals surface area contributed by atoms with Crippen LogP contribution >= 0.6 is 12.3 Å². The number of oxime groups is 2. The molecule has 0 fully saturated rings. The van der Waals surface area contributed by atoms with Gasteiger partial charge in [0, 0.05) is 11.1 Å². The Morgan fingerprint density at radius 1 is 0.714 bits per heavy atom. The lowest BCUT2D eigenvalue weighted by molar-refractivity contribution is -0.166. The number of halogens is 6. The van der Waals surface area contributed by atoms with E-state index in [4.69, 9.17) is 9.47 Å². The van der Waals surface area contributed by atoms with Gasteiger partial charge in [0.05, 0.1) is 7.11 Å². The highest BCUT2D eigenvalue weighted by atomic mass is 32.2. The fraction of sp³-hybridized carbons (Fsp3) is 0.300. The summed E-state index contributed by atoms with van der Waals surface area (Å²) in [5.74, 6) is 0.519. The maximum Gasteiger partial charge on any atom is 0.437 e. The molecule has 192 valence electrons. The minimum absolute atomic E-state index is 0.00829. The number of alkyl halides is 6. The van der Waals surface area contributed by atoms with Crippen molar-refractivity contribution in [3.05, 3.63) is 59.7 Å². The molecule has 2 aromatic carbocycles. The fourth-order valence-corrected chi connectivity index (χ4v) is 2.64. The standard InChI is InChI=1S/C20H18F6N2O6S/c1-29-27-17(19(21,22)23)13-3-7-15(8-4-13)31-11-12-32-16-9-5-14(6-10-16)18(20(24,25)26)28-33-35-34-30-2/h3-10H,11-12H2,1-2H3/b27-17-,28-18-. The number of hydrogen-bond acceptors (Lipinski definition) is 9. The highest BCUT2D eigenvalue weighted by Gasteiger charge is 2.38. The van der Waals surface area contributed by atoms with Crippen molar-refractivity contribution in [3.8, 4) is 11.5 Å². The molecule has 0 heterocycles. The van der Waals surface area contributed by atoms with E-state index in [2.05, 4.69) is 28.7 Å². The zero-order chi connectivity index (χ0) is 25.9. The smallest absolute Gasteiger partial charge is 0.437 e. The lowest BCUT2D eigenvalue weighted by Gasteiger charge is -2.12. The van der Waals surface area contributed by atoms with Crippen LogP contribution in [0.4, 0.5) is 26.3 Å². The minimum Gasteiger partial charge on any atom is -0.490 e. The van der Waals surface area contributed by atoms with Gasteiger partial charge in [-0.05, 0) is 48.5 Å². The van der Waals surface area contributed by atoms with Gasteiger partial charge in [-0.3, -0.25) is 4.28 Å². The quantitative estimate of drug-likeness (QED) is 0.0901. The molecule has 8 nitrogen and oxygen atoms in total. The van der Waals surface area contributed by atoms with Gasteiger partial charge in [-0.15, -0.1) is 4.33 Å². The Bertz CT molecular complexity index is 982. The number of ether oxygens (including phenoxy) is 2. The van der Waals surface area contributed by atoms with Crippen molar-refractivity contribution in [2.24, 2.45) is 10.3 Å². The monoisotopic (exact) mass is 528 g/mol. The van der Waals surface area contributed by atoms with Gasteiger partial charge in [0.15, 0.2) is 11.4 Å². The number of hydrogen-bond donors (Lipinski definition) is 0. The molecule has 0 unspecified atom stereocenters. The van der Waals surface area contributed by atoms with Gasteiger partial charge in [0.1, 0.15) is 31.8 Å². The summed E-state index contributed by atoms with van der Waals surface area (Å²) in [6.45, 7) is 0.0214. The molecule has 0 spiro atoms. The molecule has 0 aliphatic carbocycles. The Morgan fingerprint density at radius 2 is 1.14 bits per heavy atom. The summed E-state index contributed by atoms with van der Waals surface area (Å²) in [5, 5.41) is 5.99. The average molecular weight is 528 g/mol. The predicted octanol–water partition coefficient (Wildman–Crippen LogP) is 5.48. The molecule has 35 heavy (non-hydrogen) atoms. The summed E-state index contributed by atoms with van der Waals surface area (Å²) < 4.78 is 97.8. The van der Waals surface area contributed by atoms with E-state index in [9.17, 15) is 26.3 Å². The Morgan fingerprint density at radius 3 is 1.51 bits per heavy atom. The van der Waals surface area contributed by atoms with E-state index in [0.29, 0.717) is 0 Å². The molecule has 0 atom stereocenters. The van der Waals surface area contributed by atoms with E-state index in [1.54, 1.807) is 0 Å². The van der Waals surface area contributed by atoms with Crippen molar-refractivity contribution in [1.82, 2.24) is 0 Å². The SMILES string of the molecule is CO/N=C(/c1ccc(OCCOc2ccc(/C(=N/OSOOC)C(F)(F)F)cc2)cc1)C(F)(F)F. The summed E-state index contributed by atoms with van der Waals surface area (Å²) in [6, 6.07) is 9.82. The highest BCUT2D eigenvalue weighted by Crippen LogP contribution is 2.26. The summed E-state index contributed by atoms with van der Waals surface area (Å²) >= 11 is 0.103. The van der Waals surface area contributed by atoms with Crippen molar-refractivity contribution < 1.29 is 54.2 Å². The van der Waals surface area contributed by atoms with Crippen LogP contribution in [0.1, 0.15) is 11.1 Å². The molecule has 0 bridgehead atoms. The topological polar surface area (TPSA) is 80.1 Å². The molecule has 2 aromatic rings. The maximum absolute atomic E-state index is 13.2. The zero-order valence-electron chi connectivity index (χ0n) is 18.1. The van der Waals surface area contributed by atoms with Crippen LogP contribution in [0, 0.1) is 0 Å². The third-order valence-corrected chi connectivity index (χ3v) is 4.18. The Balaban J connectivity index is 1.90. The molecular weight excluding hydrogens is 510 g/mol. The first kappa shape index (κ1) is 28.1. The number of benzene rings is 2. The fourth-order valence-electron chi connectivity index (χ4n) is 2.46. The van der Waals surface area contributed by atoms with Crippen LogP contribution in [-0.2, 0) is 18.3 Å². The molecule has 0 aromatic heterocycles. The Kier molecular flexibility index (Phi) is 10.5. The molecule has 2 rings (SSSR count). The molecule has 0 radical (unpaired) electrons. The molecule has 0 saturated heterocycles. The normalized spacial score (nSPS) is 12.9. The summed E-state index contributed by atoms with van der Waals surface area (Å²) in [6.07, 6.45) is -9.49.